The Bertz CT molecular complexity index is 1430. The monoisotopic (exact) mass is 540 g/mol. The number of hydrogen-bond acceptors (Lipinski definition) is 3. The molecule has 0 saturated heterocycles. The Morgan fingerprint density at radius 3 is 2.43 bits per heavy atom. The van der Waals surface area contributed by atoms with Gasteiger partial charge in [-0.2, -0.15) is 13.2 Å². The van der Waals surface area contributed by atoms with Crippen molar-refractivity contribution in [2.45, 2.75) is 18.8 Å². The first-order valence-corrected chi connectivity index (χ1v) is 11.0. The zero-order valence-corrected chi connectivity index (χ0v) is 20.0. The van der Waals surface area contributed by atoms with E-state index in [1.807, 2.05) is 0 Å². The maximum atomic E-state index is 14.1. The number of amides is 3. The average Bonchev–Trinajstić information content (AvgIpc) is 3.16. The number of alkyl halides is 3. The van der Waals surface area contributed by atoms with Crippen molar-refractivity contribution < 1.29 is 36.3 Å². The number of anilines is 1. The molecule has 0 spiro atoms. The van der Waals surface area contributed by atoms with E-state index in [1.165, 1.54) is 35.7 Å². The second-order valence-electron chi connectivity index (χ2n) is 8.46. The molecule has 3 amide bonds. The minimum absolute atomic E-state index is 0.0297. The number of aromatic nitrogens is 1. The molecule has 0 aliphatic carbocycles. The number of fused-ring (bicyclic) bond motifs is 1. The molecule has 3 aromatic rings. The van der Waals surface area contributed by atoms with E-state index in [2.05, 4.69) is 10.6 Å². The molecule has 1 aliphatic rings. The van der Waals surface area contributed by atoms with Crippen LogP contribution in [0, 0.1) is 11.6 Å². The van der Waals surface area contributed by atoms with Crippen molar-refractivity contribution in [1.82, 2.24) is 14.8 Å². The first-order chi connectivity index (χ1) is 17.3. The number of benzene rings is 2. The van der Waals surface area contributed by atoms with E-state index in [0.717, 1.165) is 12.1 Å². The van der Waals surface area contributed by atoms with Gasteiger partial charge in [-0.3, -0.25) is 14.4 Å². The predicted molar refractivity (Wildman–Crippen MR) is 123 cm³/mol. The highest BCUT2D eigenvalue weighted by Crippen LogP contribution is 2.38. The van der Waals surface area contributed by atoms with Crippen LogP contribution in [0.15, 0.2) is 42.5 Å². The van der Waals surface area contributed by atoms with Gasteiger partial charge in [0.25, 0.3) is 11.8 Å². The quantitative estimate of drug-likeness (QED) is 0.474. The summed E-state index contributed by atoms with van der Waals surface area (Å²) in [7, 11) is 2.91. The lowest BCUT2D eigenvalue weighted by Gasteiger charge is -2.29. The van der Waals surface area contributed by atoms with Crippen LogP contribution in [-0.4, -0.2) is 41.3 Å². The second kappa shape index (κ2) is 9.51. The molecule has 2 N–H and O–H groups in total. The number of hydrogen-bond donors (Lipinski definition) is 2. The summed E-state index contributed by atoms with van der Waals surface area (Å²) < 4.78 is 68.7. The third-order valence-electron chi connectivity index (χ3n) is 5.65. The van der Waals surface area contributed by atoms with Crippen LogP contribution in [0.4, 0.5) is 27.6 Å². The van der Waals surface area contributed by atoms with Gasteiger partial charge in [-0.05, 0) is 42.5 Å². The van der Waals surface area contributed by atoms with Gasteiger partial charge < -0.3 is 20.1 Å². The van der Waals surface area contributed by atoms with Gasteiger partial charge >= 0.3 is 6.18 Å². The molecule has 2 aromatic carbocycles. The van der Waals surface area contributed by atoms with Crippen LogP contribution in [-0.2, 0) is 17.5 Å². The van der Waals surface area contributed by atoms with Crippen LogP contribution >= 0.6 is 11.6 Å². The lowest BCUT2D eigenvalue weighted by Crippen LogP contribution is -2.41. The van der Waals surface area contributed by atoms with Crippen molar-refractivity contribution >= 4 is 35.0 Å². The molecule has 4 rings (SSSR count). The number of nitrogens with one attached hydrogen (secondary N) is 2. The molecule has 0 unspecified atom stereocenters. The Labute approximate surface area is 211 Å². The van der Waals surface area contributed by atoms with E-state index in [-0.39, 0.29) is 40.3 Å². The Hall–Kier alpha value is -3.93. The molecule has 0 fully saturated rings. The SMILES string of the molecule is CN(C)C(=O)c1cc(NC(=O)c2cc(F)cc(C(F)(F)F)c2)c2n1CC(=O)N[C@H]2c1cc(F)ccc1Cl. The van der Waals surface area contributed by atoms with Gasteiger partial charge in [0.1, 0.15) is 23.9 Å². The fourth-order valence-electron chi connectivity index (χ4n) is 4.01. The molecule has 37 heavy (non-hydrogen) atoms. The van der Waals surface area contributed by atoms with Crippen LogP contribution in [0.1, 0.15) is 43.7 Å². The number of rotatable bonds is 4. The van der Waals surface area contributed by atoms with Crippen LogP contribution < -0.4 is 10.6 Å². The Kier molecular flexibility index (Phi) is 6.72. The van der Waals surface area contributed by atoms with Gasteiger partial charge in [0.15, 0.2) is 0 Å². The molecule has 7 nitrogen and oxygen atoms in total. The zero-order valence-electron chi connectivity index (χ0n) is 19.2. The Morgan fingerprint density at radius 1 is 1.08 bits per heavy atom. The number of carbonyl (C=O) groups is 3. The first kappa shape index (κ1) is 26.1. The van der Waals surface area contributed by atoms with Crippen molar-refractivity contribution in [3.8, 4) is 0 Å². The van der Waals surface area contributed by atoms with Gasteiger partial charge in [0, 0.05) is 30.2 Å². The van der Waals surface area contributed by atoms with Crippen LogP contribution in [0.25, 0.3) is 0 Å². The second-order valence-corrected chi connectivity index (χ2v) is 8.87. The Morgan fingerprint density at radius 2 is 1.78 bits per heavy atom. The van der Waals surface area contributed by atoms with Gasteiger partial charge in [-0.25, -0.2) is 8.78 Å². The summed E-state index contributed by atoms with van der Waals surface area (Å²) in [6, 6.07) is 4.88. The van der Waals surface area contributed by atoms with Crippen molar-refractivity contribution in [2.75, 3.05) is 19.4 Å². The zero-order chi connectivity index (χ0) is 27.2. The van der Waals surface area contributed by atoms with Crippen LogP contribution in [0.5, 0.6) is 0 Å². The third kappa shape index (κ3) is 5.15. The molecule has 194 valence electrons. The topological polar surface area (TPSA) is 83.4 Å². The lowest BCUT2D eigenvalue weighted by molar-refractivity contribution is -0.137. The third-order valence-corrected chi connectivity index (χ3v) is 5.99. The predicted octanol–water partition coefficient (Wildman–Crippen LogP) is 4.61. The summed E-state index contributed by atoms with van der Waals surface area (Å²) in [5.41, 5.74) is -1.86. The molecule has 0 radical (unpaired) electrons. The number of nitrogens with zero attached hydrogens (tertiary/aromatic N) is 2. The van der Waals surface area contributed by atoms with E-state index in [1.54, 1.807) is 0 Å². The lowest BCUT2D eigenvalue weighted by atomic mass is 10.0. The summed E-state index contributed by atoms with van der Waals surface area (Å²) >= 11 is 6.26. The fourth-order valence-corrected chi connectivity index (χ4v) is 4.24. The highest BCUT2D eigenvalue weighted by atomic mass is 35.5. The van der Waals surface area contributed by atoms with Gasteiger partial charge in [-0.1, -0.05) is 11.6 Å². The Balaban J connectivity index is 1.86. The maximum Gasteiger partial charge on any atom is 0.416 e. The average molecular weight is 541 g/mol. The smallest absolute Gasteiger partial charge is 0.343 e. The van der Waals surface area contributed by atoms with E-state index < -0.39 is 52.7 Å². The highest BCUT2D eigenvalue weighted by molar-refractivity contribution is 6.31. The van der Waals surface area contributed by atoms with E-state index in [0.29, 0.717) is 12.1 Å². The highest BCUT2D eigenvalue weighted by Gasteiger charge is 2.36. The molecule has 0 saturated carbocycles. The summed E-state index contributed by atoms with van der Waals surface area (Å²) in [5, 5.41) is 5.11. The first-order valence-electron chi connectivity index (χ1n) is 10.6. The standard InChI is InChI=1S/C24H18ClF5N4O3/c1-33(2)23(37)18-9-17(31-22(36)11-5-12(24(28,29)30)7-14(27)6-11)21-20(32-19(35)10-34(18)21)15-8-13(26)3-4-16(15)25/h3-9,20H,10H2,1-2H3,(H,31,36)(H,32,35)/t20-/m0/s1. The van der Waals surface area contributed by atoms with Crippen molar-refractivity contribution in [3.05, 3.63) is 87.2 Å². The van der Waals surface area contributed by atoms with E-state index in [4.69, 9.17) is 11.6 Å². The number of halogens is 6. The van der Waals surface area contributed by atoms with Gasteiger partial charge in [-0.15, -0.1) is 0 Å². The minimum atomic E-state index is -4.90. The molecule has 1 aliphatic heterocycles. The van der Waals surface area contributed by atoms with Gasteiger partial charge in [0.05, 0.1) is 23.0 Å². The van der Waals surface area contributed by atoms with Crippen molar-refractivity contribution in [2.24, 2.45) is 0 Å². The summed E-state index contributed by atoms with van der Waals surface area (Å²) in [4.78, 5) is 39.6. The number of carbonyl (C=O) groups excluding carboxylic acids is 3. The summed E-state index contributed by atoms with van der Waals surface area (Å²) in [6.45, 7) is -0.345. The molecular weight excluding hydrogens is 523 g/mol. The van der Waals surface area contributed by atoms with Crippen LogP contribution in [0.3, 0.4) is 0 Å². The molecule has 0 bridgehead atoms. The molecule has 13 heteroatoms. The summed E-state index contributed by atoms with van der Waals surface area (Å²) in [6.07, 6.45) is -4.90. The molecular formula is C24H18ClF5N4O3. The fraction of sp³-hybridized carbons (Fsp3) is 0.208. The summed E-state index contributed by atoms with van der Waals surface area (Å²) in [5.74, 6) is -4.15. The maximum absolute atomic E-state index is 14.1. The molecule has 2 heterocycles. The largest absolute Gasteiger partial charge is 0.416 e. The van der Waals surface area contributed by atoms with E-state index in [9.17, 15) is 36.3 Å². The normalized spacial score (nSPS) is 15.1. The van der Waals surface area contributed by atoms with Gasteiger partial charge in [0.2, 0.25) is 5.91 Å². The van der Waals surface area contributed by atoms with E-state index >= 15 is 0 Å². The van der Waals surface area contributed by atoms with Crippen molar-refractivity contribution in [3.63, 3.8) is 0 Å². The van der Waals surface area contributed by atoms with Crippen LogP contribution in [0.2, 0.25) is 5.02 Å². The van der Waals surface area contributed by atoms with Crippen molar-refractivity contribution in [1.29, 1.82) is 0 Å². The molecule has 1 aromatic heterocycles. The molecule has 1 atom stereocenters. The minimum Gasteiger partial charge on any atom is -0.343 e.